The van der Waals surface area contributed by atoms with E-state index in [1.54, 1.807) is 0 Å². The van der Waals surface area contributed by atoms with Gasteiger partial charge >= 0.3 is 0 Å². The van der Waals surface area contributed by atoms with Crippen LogP contribution in [0.25, 0.3) is 0 Å². The average Bonchev–Trinajstić information content (AvgIpc) is 2.21. The topological polar surface area (TPSA) is 101 Å². The molecule has 1 saturated heterocycles. The predicted molar refractivity (Wildman–Crippen MR) is 57.1 cm³/mol. The number of nitrogens with two attached hydrogens (primary N) is 1. The Kier molecular flexibility index (Phi) is 3.87. The van der Waals surface area contributed by atoms with E-state index in [0.29, 0.717) is 0 Å². The number of primary amides is 1. The van der Waals surface area contributed by atoms with Gasteiger partial charge in [-0.1, -0.05) is 20.3 Å². The number of nitrogens with one attached hydrogen (secondary N) is 2. The van der Waals surface area contributed by atoms with Gasteiger partial charge in [0.25, 0.3) is 0 Å². The first kappa shape index (κ1) is 12.5. The lowest BCUT2D eigenvalue weighted by Gasteiger charge is -2.32. The molecule has 0 unspecified atom stereocenters. The Morgan fingerprint density at radius 3 is 2.50 bits per heavy atom. The molecule has 3 atom stereocenters. The van der Waals surface area contributed by atoms with E-state index in [0.717, 1.165) is 6.42 Å². The van der Waals surface area contributed by atoms with E-state index in [1.807, 2.05) is 13.8 Å². The molecular formula is C10H17N3O3. The quantitative estimate of drug-likeness (QED) is 0.567. The molecule has 4 N–H and O–H groups in total. The molecule has 0 aromatic rings. The lowest BCUT2D eigenvalue weighted by atomic mass is 9.95. The SMILES string of the molecule is CC[C@H](C)[C@H]1NC(=O)[C@@H](CC(N)=O)NC1=O. The molecule has 6 heteroatoms. The maximum Gasteiger partial charge on any atom is 0.243 e. The van der Waals surface area contributed by atoms with Gasteiger partial charge in [0.15, 0.2) is 0 Å². The number of hydrogen-bond donors (Lipinski definition) is 3. The Morgan fingerprint density at radius 2 is 2.00 bits per heavy atom. The highest BCUT2D eigenvalue weighted by Gasteiger charge is 2.36. The van der Waals surface area contributed by atoms with Crippen molar-refractivity contribution in [2.24, 2.45) is 11.7 Å². The number of amides is 3. The summed E-state index contributed by atoms with van der Waals surface area (Å²) in [5.74, 6) is -1.13. The smallest absolute Gasteiger partial charge is 0.243 e. The van der Waals surface area contributed by atoms with Crippen molar-refractivity contribution in [3.8, 4) is 0 Å². The Hall–Kier alpha value is -1.59. The summed E-state index contributed by atoms with van der Waals surface area (Å²) in [5, 5.41) is 5.12. The molecule has 0 aromatic heterocycles. The van der Waals surface area contributed by atoms with Gasteiger partial charge in [-0.05, 0) is 5.92 Å². The van der Waals surface area contributed by atoms with Crippen molar-refractivity contribution in [2.75, 3.05) is 0 Å². The molecule has 1 fully saturated rings. The summed E-state index contributed by atoms with van der Waals surface area (Å²) in [6, 6.07) is -1.34. The molecule has 1 aliphatic rings. The molecule has 6 nitrogen and oxygen atoms in total. The lowest BCUT2D eigenvalue weighted by Crippen LogP contribution is -2.64. The van der Waals surface area contributed by atoms with Gasteiger partial charge in [0.1, 0.15) is 12.1 Å². The molecule has 0 aliphatic carbocycles. The minimum atomic E-state index is -0.828. The van der Waals surface area contributed by atoms with Gasteiger partial charge in [0, 0.05) is 0 Å². The van der Waals surface area contributed by atoms with Crippen LogP contribution in [0.15, 0.2) is 0 Å². The molecular weight excluding hydrogens is 210 g/mol. The maximum absolute atomic E-state index is 11.7. The fraction of sp³-hybridized carbons (Fsp3) is 0.700. The van der Waals surface area contributed by atoms with Gasteiger partial charge in [-0.3, -0.25) is 14.4 Å². The molecule has 0 radical (unpaired) electrons. The highest BCUT2D eigenvalue weighted by Crippen LogP contribution is 2.12. The zero-order valence-electron chi connectivity index (χ0n) is 9.45. The standard InChI is InChI=1S/C10H17N3O3/c1-3-5(2)8-10(16)12-6(4-7(11)14)9(15)13-8/h5-6,8H,3-4H2,1-2H3,(H2,11,14)(H,12,16)(H,13,15)/t5-,6+,8+/m0/s1. The van der Waals surface area contributed by atoms with Crippen molar-refractivity contribution in [3.05, 3.63) is 0 Å². The summed E-state index contributed by atoms with van der Waals surface area (Å²) in [5.41, 5.74) is 4.98. The van der Waals surface area contributed by atoms with E-state index in [2.05, 4.69) is 10.6 Å². The minimum absolute atomic E-state index is 0.0680. The number of carbonyl (C=O) groups excluding carboxylic acids is 3. The van der Waals surface area contributed by atoms with Crippen LogP contribution >= 0.6 is 0 Å². The second-order valence-corrected chi connectivity index (χ2v) is 4.10. The van der Waals surface area contributed by atoms with E-state index in [9.17, 15) is 14.4 Å². The summed E-state index contributed by atoms with van der Waals surface area (Å²) < 4.78 is 0. The van der Waals surface area contributed by atoms with Crippen molar-refractivity contribution in [1.29, 1.82) is 0 Å². The van der Waals surface area contributed by atoms with E-state index in [1.165, 1.54) is 0 Å². The first-order valence-electron chi connectivity index (χ1n) is 5.34. The Labute approximate surface area is 93.9 Å². The molecule has 3 amide bonds. The largest absolute Gasteiger partial charge is 0.370 e. The molecule has 0 aromatic carbocycles. The predicted octanol–water partition coefficient (Wildman–Crippen LogP) is -1.11. The zero-order chi connectivity index (χ0) is 12.3. The van der Waals surface area contributed by atoms with Crippen LogP contribution in [-0.2, 0) is 14.4 Å². The monoisotopic (exact) mass is 227 g/mol. The minimum Gasteiger partial charge on any atom is -0.370 e. The number of rotatable bonds is 4. The fourth-order valence-corrected chi connectivity index (χ4v) is 1.63. The summed E-state index contributed by atoms with van der Waals surface area (Å²) >= 11 is 0. The van der Waals surface area contributed by atoms with Gasteiger partial charge in [-0.2, -0.15) is 0 Å². The summed E-state index contributed by atoms with van der Waals surface area (Å²) in [7, 11) is 0. The summed E-state index contributed by atoms with van der Waals surface area (Å²) in [4.78, 5) is 33.9. The van der Waals surface area contributed by atoms with Crippen LogP contribution in [0.1, 0.15) is 26.7 Å². The third-order valence-electron chi connectivity index (χ3n) is 2.83. The second kappa shape index (κ2) is 4.96. The normalized spacial score (nSPS) is 26.9. The fourth-order valence-electron chi connectivity index (χ4n) is 1.63. The Balaban J connectivity index is 2.67. The molecule has 0 saturated carbocycles. The molecule has 0 spiro atoms. The molecule has 90 valence electrons. The first-order chi connectivity index (χ1) is 7.45. The van der Waals surface area contributed by atoms with Crippen LogP contribution in [-0.4, -0.2) is 29.8 Å². The van der Waals surface area contributed by atoms with Gasteiger partial charge in [0.05, 0.1) is 6.42 Å². The van der Waals surface area contributed by atoms with Gasteiger partial charge in [-0.15, -0.1) is 0 Å². The van der Waals surface area contributed by atoms with Crippen molar-refractivity contribution in [3.63, 3.8) is 0 Å². The van der Waals surface area contributed by atoms with Crippen molar-refractivity contribution < 1.29 is 14.4 Å². The number of piperazine rings is 1. The van der Waals surface area contributed by atoms with Crippen LogP contribution in [0.3, 0.4) is 0 Å². The van der Waals surface area contributed by atoms with E-state index in [4.69, 9.17) is 5.73 Å². The van der Waals surface area contributed by atoms with Crippen molar-refractivity contribution in [2.45, 2.75) is 38.8 Å². The van der Waals surface area contributed by atoms with E-state index < -0.39 is 18.0 Å². The first-order valence-corrected chi connectivity index (χ1v) is 5.34. The highest BCUT2D eigenvalue weighted by atomic mass is 16.2. The van der Waals surface area contributed by atoms with Gasteiger partial charge in [-0.25, -0.2) is 0 Å². The Morgan fingerprint density at radius 1 is 1.38 bits per heavy atom. The zero-order valence-corrected chi connectivity index (χ0v) is 9.45. The van der Waals surface area contributed by atoms with Crippen molar-refractivity contribution in [1.82, 2.24) is 10.6 Å². The Bertz CT molecular complexity index is 316. The van der Waals surface area contributed by atoms with Crippen LogP contribution < -0.4 is 16.4 Å². The number of carbonyl (C=O) groups is 3. The van der Waals surface area contributed by atoms with Gasteiger partial charge in [0.2, 0.25) is 17.7 Å². The van der Waals surface area contributed by atoms with Crippen LogP contribution in [0.2, 0.25) is 0 Å². The lowest BCUT2D eigenvalue weighted by molar-refractivity contribution is -0.139. The van der Waals surface area contributed by atoms with Crippen molar-refractivity contribution >= 4 is 17.7 Å². The van der Waals surface area contributed by atoms with E-state index >= 15 is 0 Å². The summed E-state index contributed by atoms with van der Waals surface area (Å²) in [6.07, 6.45) is 0.629. The summed E-state index contributed by atoms with van der Waals surface area (Å²) in [6.45, 7) is 3.83. The number of hydrogen-bond acceptors (Lipinski definition) is 3. The van der Waals surface area contributed by atoms with E-state index in [-0.39, 0.29) is 24.2 Å². The van der Waals surface area contributed by atoms with Crippen LogP contribution in [0.4, 0.5) is 0 Å². The maximum atomic E-state index is 11.7. The third kappa shape index (κ3) is 2.71. The second-order valence-electron chi connectivity index (χ2n) is 4.10. The molecule has 0 bridgehead atoms. The van der Waals surface area contributed by atoms with Crippen LogP contribution in [0, 0.1) is 5.92 Å². The molecule has 1 heterocycles. The van der Waals surface area contributed by atoms with Gasteiger partial charge < -0.3 is 16.4 Å². The molecule has 1 aliphatic heterocycles. The third-order valence-corrected chi connectivity index (χ3v) is 2.83. The van der Waals surface area contributed by atoms with Crippen LogP contribution in [0.5, 0.6) is 0 Å². The molecule has 16 heavy (non-hydrogen) atoms. The molecule has 1 rings (SSSR count). The average molecular weight is 227 g/mol. The highest BCUT2D eigenvalue weighted by molar-refractivity contribution is 5.99.